The first-order valence-electron chi connectivity index (χ1n) is 8.91. The number of pyridine rings is 1. The molecule has 2 aromatic rings. The number of carbonyl (C=O) groups is 1. The van der Waals surface area contributed by atoms with Gasteiger partial charge >= 0.3 is 0 Å². The zero-order valence-electron chi connectivity index (χ0n) is 15.3. The number of nitrogens with one attached hydrogen (secondary N) is 1. The second kappa shape index (κ2) is 8.56. The summed E-state index contributed by atoms with van der Waals surface area (Å²) in [5, 5.41) is 2.89. The van der Waals surface area contributed by atoms with Gasteiger partial charge in [-0.3, -0.25) is 4.79 Å². The average molecular weight is 355 g/mol. The Morgan fingerprint density at radius 3 is 2.50 bits per heavy atom. The maximum absolute atomic E-state index is 12.3. The molecule has 6 nitrogen and oxygen atoms in total. The summed E-state index contributed by atoms with van der Waals surface area (Å²) < 4.78 is 10.5. The van der Waals surface area contributed by atoms with Crippen LogP contribution in [-0.4, -0.2) is 38.2 Å². The minimum absolute atomic E-state index is 0.0928. The van der Waals surface area contributed by atoms with Crippen molar-refractivity contribution < 1.29 is 14.3 Å². The van der Waals surface area contributed by atoms with E-state index in [1.807, 2.05) is 24.3 Å². The fourth-order valence-electron chi connectivity index (χ4n) is 3.15. The normalized spacial score (nSPS) is 14.0. The van der Waals surface area contributed by atoms with Crippen molar-refractivity contribution in [3.05, 3.63) is 42.1 Å². The van der Waals surface area contributed by atoms with Gasteiger partial charge in [0.15, 0.2) is 11.5 Å². The van der Waals surface area contributed by atoms with Gasteiger partial charge < -0.3 is 19.7 Å². The summed E-state index contributed by atoms with van der Waals surface area (Å²) in [5.74, 6) is 2.15. The fraction of sp³-hybridized carbons (Fsp3) is 0.400. The molecular formula is C20H25N3O3. The Kier molecular flexibility index (Phi) is 5.94. The van der Waals surface area contributed by atoms with Crippen LogP contribution in [-0.2, 0) is 11.2 Å². The highest BCUT2D eigenvalue weighted by Gasteiger charge is 2.12. The summed E-state index contributed by atoms with van der Waals surface area (Å²) in [6, 6.07) is 9.35. The Morgan fingerprint density at radius 2 is 1.85 bits per heavy atom. The maximum atomic E-state index is 12.3. The molecule has 3 rings (SSSR count). The number of carbonyl (C=O) groups excluding carboxylic acids is 1. The number of aromatic nitrogens is 1. The minimum Gasteiger partial charge on any atom is -0.493 e. The maximum Gasteiger partial charge on any atom is 0.228 e. The highest BCUT2D eigenvalue weighted by molar-refractivity contribution is 5.92. The SMILES string of the molecule is COc1ccc(CC(=O)Nc2ccc(N3CCCCC3)nc2)cc1OC. The van der Waals surface area contributed by atoms with Gasteiger partial charge in [0.05, 0.1) is 32.5 Å². The Hall–Kier alpha value is -2.76. The van der Waals surface area contributed by atoms with Crippen LogP contribution in [0.4, 0.5) is 11.5 Å². The number of piperidine rings is 1. The molecule has 0 radical (unpaired) electrons. The van der Waals surface area contributed by atoms with E-state index in [0.29, 0.717) is 17.2 Å². The molecule has 1 fully saturated rings. The van der Waals surface area contributed by atoms with Crippen LogP contribution in [0.1, 0.15) is 24.8 Å². The molecule has 0 atom stereocenters. The fourth-order valence-corrected chi connectivity index (χ4v) is 3.15. The molecule has 0 unspecified atom stereocenters. The van der Waals surface area contributed by atoms with Crippen molar-refractivity contribution in [2.75, 3.05) is 37.5 Å². The number of hydrogen-bond donors (Lipinski definition) is 1. The molecule has 2 heterocycles. The molecule has 0 bridgehead atoms. The van der Waals surface area contributed by atoms with E-state index in [1.54, 1.807) is 26.5 Å². The highest BCUT2D eigenvalue weighted by Crippen LogP contribution is 2.27. The van der Waals surface area contributed by atoms with Crippen molar-refractivity contribution in [1.29, 1.82) is 0 Å². The number of methoxy groups -OCH3 is 2. The van der Waals surface area contributed by atoms with Crippen LogP contribution >= 0.6 is 0 Å². The van der Waals surface area contributed by atoms with Crippen LogP contribution in [0.5, 0.6) is 11.5 Å². The summed E-state index contributed by atoms with van der Waals surface area (Å²) in [6.45, 7) is 2.11. The molecule has 1 saturated heterocycles. The van der Waals surface area contributed by atoms with Crippen molar-refractivity contribution in [2.24, 2.45) is 0 Å². The molecule has 1 amide bonds. The summed E-state index contributed by atoms with van der Waals surface area (Å²) in [7, 11) is 3.17. The number of hydrogen-bond acceptors (Lipinski definition) is 5. The summed E-state index contributed by atoms with van der Waals surface area (Å²) in [4.78, 5) is 19.1. The molecule has 6 heteroatoms. The number of benzene rings is 1. The van der Waals surface area contributed by atoms with Gasteiger partial charge in [-0.15, -0.1) is 0 Å². The highest BCUT2D eigenvalue weighted by atomic mass is 16.5. The van der Waals surface area contributed by atoms with E-state index in [-0.39, 0.29) is 12.3 Å². The van der Waals surface area contributed by atoms with E-state index in [4.69, 9.17) is 9.47 Å². The van der Waals surface area contributed by atoms with Gasteiger partial charge in [-0.25, -0.2) is 4.98 Å². The van der Waals surface area contributed by atoms with E-state index in [1.165, 1.54) is 19.3 Å². The van der Waals surface area contributed by atoms with Crippen LogP contribution in [0.3, 0.4) is 0 Å². The lowest BCUT2D eigenvalue weighted by molar-refractivity contribution is -0.115. The van der Waals surface area contributed by atoms with E-state index >= 15 is 0 Å². The van der Waals surface area contributed by atoms with Crippen molar-refractivity contribution in [3.63, 3.8) is 0 Å². The third kappa shape index (κ3) is 4.45. The first kappa shape index (κ1) is 18.0. The predicted octanol–water partition coefficient (Wildman–Crippen LogP) is 3.27. The topological polar surface area (TPSA) is 63.7 Å². The zero-order valence-corrected chi connectivity index (χ0v) is 15.3. The van der Waals surface area contributed by atoms with Gasteiger partial charge in [0.2, 0.25) is 5.91 Å². The lowest BCUT2D eigenvalue weighted by Gasteiger charge is -2.27. The molecule has 138 valence electrons. The van der Waals surface area contributed by atoms with Crippen molar-refractivity contribution in [1.82, 2.24) is 4.98 Å². The lowest BCUT2D eigenvalue weighted by Crippen LogP contribution is -2.30. The predicted molar refractivity (Wildman–Crippen MR) is 102 cm³/mol. The third-order valence-corrected chi connectivity index (χ3v) is 4.52. The Morgan fingerprint density at radius 1 is 1.08 bits per heavy atom. The molecule has 0 spiro atoms. The third-order valence-electron chi connectivity index (χ3n) is 4.52. The van der Waals surface area contributed by atoms with Crippen LogP contribution in [0.15, 0.2) is 36.5 Å². The van der Waals surface area contributed by atoms with E-state index in [2.05, 4.69) is 15.2 Å². The quantitative estimate of drug-likeness (QED) is 0.862. The van der Waals surface area contributed by atoms with Gasteiger partial charge in [0.25, 0.3) is 0 Å². The Bertz CT molecular complexity index is 740. The van der Waals surface area contributed by atoms with E-state index < -0.39 is 0 Å². The second-order valence-corrected chi connectivity index (χ2v) is 6.37. The first-order valence-corrected chi connectivity index (χ1v) is 8.91. The van der Waals surface area contributed by atoms with Gasteiger partial charge in [0, 0.05) is 13.1 Å². The van der Waals surface area contributed by atoms with E-state index in [9.17, 15) is 4.79 Å². The van der Waals surface area contributed by atoms with Gasteiger partial charge in [-0.05, 0) is 49.1 Å². The average Bonchev–Trinajstić information content (AvgIpc) is 2.69. The number of rotatable bonds is 6. The van der Waals surface area contributed by atoms with Crippen LogP contribution in [0.25, 0.3) is 0 Å². The Balaban J connectivity index is 1.59. The second-order valence-electron chi connectivity index (χ2n) is 6.37. The smallest absolute Gasteiger partial charge is 0.228 e. The molecule has 1 aromatic carbocycles. The number of ether oxygens (including phenoxy) is 2. The lowest BCUT2D eigenvalue weighted by atomic mass is 10.1. The number of amides is 1. The summed E-state index contributed by atoms with van der Waals surface area (Å²) in [5.41, 5.74) is 1.56. The first-order chi connectivity index (χ1) is 12.7. The van der Waals surface area contributed by atoms with Crippen LogP contribution in [0.2, 0.25) is 0 Å². The monoisotopic (exact) mass is 355 g/mol. The molecule has 1 aliphatic rings. The largest absolute Gasteiger partial charge is 0.493 e. The van der Waals surface area contributed by atoms with Crippen molar-refractivity contribution in [2.45, 2.75) is 25.7 Å². The molecule has 0 aliphatic carbocycles. The van der Waals surface area contributed by atoms with Gasteiger partial charge in [0.1, 0.15) is 5.82 Å². The summed E-state index contributed by atoms with van der Waals surface area (Å²) in [6.07, 6.45) is 5.70. The number of nitrogens with zero attached hydrogens (tertiary/aromatic N) is 2. The molecule has 26 heavy (non-hydrogen) atoms. The molecular weight excluding hydrogens is 330 g/mol. The molecule has 1 aromatic heterocycles. The van der Waals surface area contributed by atoms with Gasteiger partial charge in [-0.2, -0.15) is 0 Å². The molecule has 1 aliphatic heterocycles. The minimum atomic E-state index is -0.0928. The van der Waals surface area contributed by atoms with Gasteiger partial charge in [-0.1, -0.05) is 6.07 Å². The molecule has 0 saturated carbocycles. The van der Waals surface area contributed by atoms with Crippen molar-refractivity contribution in [3.8, 4) is 11.5 Å². The van der Waals surface area contributed by atoms with Crippen LogP contribution in [0, 0.1) is 0 Å². The number of anilines is 2. The van der Waals surface area contributed by atoms with Crippen LogP contribution < -0.4 is 19.7 Å². The zero-order chi connectivity index (χ0) is 18.4. The standard InChI is InChI=1S/C20H25N3O3/c1-25-17-8-6-15(12-18(17)26-2)13-20(24)22-16-7-9-19(21-14-16)23-10-4-3-5-11-23/h6-9,12,14H,3-5,10-11,13H2,1-2H3,(H,22,24). The summed E-state index contributed by atoms with van der Waals surface area (Å²) >= 11 is 0. The van der Waals surface area contributed by atoms with E-state index in [0.717, 1.165) is 24.5 Å². The Labute approximate surface area is 154 Å². The van der Waals surface area contributed by atoms with Crippen molar-refractivity contribution >= 4 is 17.4 Å². The molecule has 1 N–H and O–H groups in total.